The number of thiazole rings is 1. The molecule has 4 fully saturated rings. The molecule has 3 atom stereocenters. The van der Waals surface area contributed by atoms with Crippen molar-refractivity contribution in [1.82, 2.24) is 26.3 Å². The van der Waals surface area contributed by atoms with Gasteiger partial charge < -0.3 is 69.0 Å². The number of fused-ring (bicyclic) bond motifs is 1. The van der Waals surface area contributed by atoms with E-state index >= 15 is 0 Å². The number of ether oxygens (including phenoxy) is 8. The molecular weight excluding hydrogens is 925 g/mol. The van der Waals surface area contributed by atoms with E-state index in [2.05, 4.69) is 31.2 Å². The lowest BCUT2D eigenvalue weighted by molar-refractivity contribution is -0.123. The fraction of sp³-hybridized carbons (Fsp3) is 0.689. The highest BCUT2D eigenvalue weighted by Gasteiger charge is 2.53. The number of rotatable bonds is 36. The summed E-state index contributed by atoms with van der Waals surface area (Å²) >= 11 is 3.29. The lowest BCUT2D eigenvalue weighted by atomic mass is 9.87. The van der Waals surface area contributed by atoms with E-state index < -0.39 is 11.6 Å². The molecule has 1 aromatic carbocycles. The van der Waals surface area contributed by atoms with Gasteiger partial charge in [-0.1, -0.05) is 36.0 Å². The van der Waals surface area contributed by atoms with Crippen LogP contribution < -0.4 is 36.0 Å². The minimum atomic E-state index is -0.932. The molecule has 0 saturated carbocycles. The van der Waals surface area contributed by atoms with Crippen LogP contribution in [-0.4, -0.2) is 196 Å². The number of thioether (sulfide) groups is 1. The number of aromatic nitrogens is 1. The molecule has 0 aliphatic carbocycles. The number of hydrogen-bond acceptors (Lipinski definition) is 17. The number of unbranched alkanes of at least 4 members (excludes halogenated alkanes) is 1. The fourth-order valence-electron chi connectivity index (χ4n) is 8.03. The molecule has 23 heteroatoms. The Bertz CT molecular complexity index is 1830. The van der Waals surface area contributed by atoms with Crippen molar-refractivity contribution in [3.63, 3.8) is 0 Å². The second-order valence-corrected chi connectivity index (χ2v) is 18.6. The van der Waals surface area contributed by atoms with Crippen molar-refractivity contribution in [2.24, 2.45) is 0 Å². The molecular formula is C45H68N8O13S2. The molecule has 6 rings (SSSR count). The molecule has 68 heavy (non-hydrogen) atoms. The molecule has 0 unspecified atom stereocenters. The number of benzene rings is 1. The number of carbonyl (C=O) groups excluding carboxylic acids is 5. The summed E-state index contributed by atoms with van der Waals surface area (Å²) < 4.78 is 44.4. The highest BCUT2D eigenvalue weighted by Crippen LogP contribution is 2.37. The Balaban J connectivity index is 0.638. The smallest absolute Gasteiger partial charge is 0.329 e. The van der Waals surface area contributed by atoms with Crippen LogP contribution in [0.3, 0.4) is 0 Å². The molecule has 5 heterocycles. The summed E-state index contributed by atoms with van der Waals surface area (Å²) in [5.41, 5.74) is -0.376. The average Bonchev–Trinajstić information content (AvgIpc) is 4.13. The maximum atomic E-state index is 13.4. The van der Waals surface area contributed by atoms with Gasteiger partial charge in [0.2, 0.25) is 12.3 Å². The van der Waals surface area contributed by atoms with Crippen molar-refractivity contribution in [1.29, 1.82) is 0 Å². The molecule has 378 valence electrons. The lowest BCUT2D eigenvalue weighted by Crippen LogP contribution is -2.55. The van der Waals surface area contributed by atoms with Crippen molar-refractivity contribution in [3.8, 4) is 0 Å². The first-order valence-electron chi connectivity index (χ1n) is 23.6. The van der Waals surface area contributed by atoms with Gasteiger partial charge in [-0.05, 0) is 37.8 Å². The van der Waals surface area contributed by atoms with Crippen LogP contribution in [0.1, 0.15) is 38.5 Å². The van der Waals surface area contributed by atoms with E-state index in [9.17, 15) is 24.0 Å². The van der Waals surface area contributed by atoms with Crippen LogP contribution in [0.2, 0.25) is 0 Å². The van der Waals surface area contributed by atoms with Gasteiger partial charge >= 0.3 is 12.1 Å². The number of carbonyl (C=O) groups is 5. The maximum absolute atomic E-state index is 13.4. The molecule has 4 N–H and O–H groups in total. The average molecular weight is 993 g/mol. The number of piperidine rings is 1. The number of para-hydroxylation sites is 1. The molecule has 4 aliphatic heterocycles. The maximum Gasteiger partial charge on any atom is 0.329 e. The molecule has 21 nitrogen and oxygen atoms in total. The van der Waals surface area contributed by atoms with Gasteiger partial charge in [0.05, 0.1) is 130 Å². The Morgan fingerprint density at radius 2 is 1.35 bits per heavy atom. The minimum Gasteiger partial charge on any atom is -0.377 e. The Kier molecular flexibility index (Phi) is 23.3. The number of urea groups is 2. The second-order valence-electron chi connectivity index (χ2n) is 16.4. The van der Waals surface area contributed by atoms with E-state index in [4.69, 9.17) is 37.9 Å². The number of nitrogens with one attached hydrogen (secondary N) is 4. The predicted octanol–water partition coefficient (Wildman–Crippen LogP) is 2.18. The van der Waals surface area contributed by atoms with E-state index in [1.54, 1.807) is 35.4 Å². The SMILES string of the molecule is O=CN(CCOCCOCCOCCOCCOCCOCCOCCOCCNC(=O)CCCC[C@@H]1SC[C@@H]2NC(=O)N[C@@H]21)c1cnc(N2CCC3(CC2)NC(=O)N(c2ccccc2)C3=O)s1. The molecule has 1 spiro atoms. The summed E-state index contributed by atoms with van der Waals surface area (Å²) in [5.74, 6) is 0.754. The van der Waals surface area contributed by atoms with Crippen LogP contribution in [0, 0.1) is 0 Å². The summed E-state index contributed by atoms with van der Waals surface area (Å²) in [6.07, 6.45) is 6.63. The molecule has 1 aromatic heterocycles. The normalized spacial score (nSPS) is 19.6. The minimum absolute atomic E-state index is 0.0328. The zero-order chi connectivity index (χ0) is 47.7. The third kappa shape index (κ3) is 17.1. The zero-order valence-corrected chi connectivity index (χ0v) is 40.4. The Morgan fingerprint density at radius 3 is 1.94 bits per heavy atom. The van der Waals surface area contributed by atoms with Gasteiger partial charge in [-0.3, -0.25) is 14.4 Å². The van der Waals surface area contributed by atoms with Crippen molar-refractivity contribution in [2.45, 2.75) is 61.4 Å². The van der Waals surface area contributed by atoms with Crippen molar-refractivity contribution < 1.29 is 61.9 Å². The van der Waals surface area contributed by atoms with Crippen LogP contribution in [0.5, 0.6) is 0 Å². The zero-order valence-electron chi connectivity index (χ0n) is 38.8. The van der Waals surface area contributed by atoms with E-state index in [0.717, 1.165) is 36.6 Å². The van der Waals surface area contributed by atoms with Crippen molar-refractivity contribution in [3.05, 3.63) is 36.5 Å². The van der Waals surface area contributed by atoms with Crippen molar-refractivity contribution >= 4 is 69.2 Å². The first kappa shape index (κ1) is 53.2. The van der Waals surface area contributed by atoms with Gasteiger partial charge in [-0.2, -0.15) is 11.8 Å². The Morgan fingerprint density at radius 1 is 0.779 bits per heavy atom. The van der Waals surface area contributed by atoms with E-state index in [1.807, 2.05) is 17.8 Å². The largest absolute Gasteiger partial charge is 0.377 e. The Hall–Kier alpha value is -4.17. The van der Waals surface area contributed by atoms with E-state index in [0.29, 0.717) is 167 Å². The second kappa shape index (κ2) is 29.8. The van der Waals surface area contributed by atoms with Crippen LogP contribution in [0.15, 0.2) is 36.5 Å². The molecule has 7 amide bonds. The summed E-state index contributed by atoms with van der Waals surface area (Å²) in [6.45, 7) is 8.83. The van der Waals surface area contributed by atoms with Crippen LogP contribution in [0.25, 0.3) is 0 Å². The predicted molar refractivity (Wildman–Crippen MR) is 256 cm³/mol. The highest BCUT2D eigenvalue weighted by atomic mass is 32.2. The summed E-state index contributed by atoms with van der Waals surface area (Å²) in [7, 11) is 0. The van der Waals surface area contributed by atoms with Gasteiger partial charge in [-0.25, -0.2) is 19.5 Å². The summed E-state index contributed by atoms with van der Waals surface area (Å²) in [6, 6.07) is 8.91. The standard InChI is InChI=1S/C45H68N8O13S2/c54-34-52(39-32-47-44(68-39)51-13-10-45(11-14-51)41(56)53(43(58)50-45)35-6-2-1-3-7-35)15-17-60-19-21-62-23-25-64-27-29-66-31-30-65-28-26-63-24-22-61-20-18-59-16-12-46-38(55)9-5-4-8-37-40-36(33-67-37)48-42(57)49-40/h1-3,6-7,32,34,36-37,40H,4-5,8-31,33H2,(H,46,55)(H,50,58)(H2,48,49,57)/t36-,37-,40-/m0/s1. The van der Waals surface area contributed by atoms with Gasteiger partial charge in [0.1, 0.15) is 10.5 Å². The molecule has 0 radical (unpaired) electrons. The quantitative estimate of drug-likeness (QED) is 0.0332. The molecule has 4 saturated heterocycles. The third-order valence-electron chi connectivity index (χ3n) is 11.7. The topological polar surface area (TPSA) is 230 Å². The van der Waals surface area contributed by atoms with Crippen molar-refractivity contribution in [2.75, 3.05) is 152 Å². The molecule has 2 aromatic rings. The highest BCUT2D eigenvalue weighted by molar-refractivity contribution is 8.00. The van der Waals surface area contributed by atoms with Gasteiger partial charge in [0.25, 0.3) is 5.91 Å². The summed E-state index contributed by atoms with van der Waals surface area (Å²) in [4.78, 5) is 71.0. The number of nitrogens with zero attached hydrogens (tertiary/aromatic N) is 4. The van der Waals surface area contributed by atoms with E-state index in [-0.39, 0.29) is 29.9 Å². The third-order valence-corrected chi connectivity index (χ3v) is 14.3. The van der Waals surface area contributed by atoms with Crippen LogP contribution in [0.4, 0.5) is 25.4 Å². The van der Waals surface area contributed by atoms with Gasteiger partial charge in [-0.15, -0.1) is 0 Å². The number of amides is 7. The number of anilines is 3. The van der Waals surface area contributed by atoms with E-state index in [1.165, 1.54) is 16.2 Å². The first-order valence-corrected chi connectivity index (χ1v) is 25.4. The first-order chi connectivity index (χ1) is 33.4. The van der Waals surface area contributed by atoms with Crippen LogP contribution in [-0.2, 0) is 52.3 Å². The molecule has 4 aliphatic rings. The molecule has 0 bridgehead atoms. The van der Waals surface area contributed by atoms with Crippen LogP contribution >= 0.6 is 23.1 Å². The Labute approximate surface area is 406 Å². The van der Waals surface area contributed by atoms with Gasteiger partial charge in [0.15, 0.2) is 5.13 Å². The lowest BCUT2D eigenvalue weighted by Gasteiger charge is -2.37. The monoisotopic (exact) mass is 992 g/mol. The van der Waals surface area contributed by atoms with Gasteiger partial charge in [0, 0.05) is 43.6 Å². The fourth-order valence-corrected chi connectivity index (χ4v) is 10.5. The number of hydrogen-bond donors (Lipinski definition) is 4. The number of imide groups is 1. The summed E-state index contributed by atoms with van der Waals surface area (Å²) in [5, 5.41) is 13.7.